The first kappa shape index (κ1) is 21.8. The molecular formula is C24H22FN3O3S. The van der Waals surface area contributed by atoms with Gasteiger partial charge in [0.05, 0.1) is 36.5 Å². The molecule has 0 radical (unpaired) electrons. The predicted octanol–water partition coefficient (Wildman–Crippen LogP) is 4.99. The van der Waals surface area contributed by atoms with E-state index in [-0.39, 0.29) is 18.0 Å². The zero-order valence-corrected chi connectivity index (χ0v) is 18.5. The summed E-state index contributed by atoms with van der Waals surface area (Å²) >= 11 is 1.40. The molecule has 0 unspecified atom stereocenters. The summed E-state index contributed by atoms with van der Waals surface area (Å²) < 4.78 is 19.0. The fourth-order valence-electron chi connectivity index (χ4n) is 3.78. The lowest BCUT2D eigenvalue weighted by Gasteiger charge is -2.36. The summed E-state index contributed by atoms with van der Waals surface area (Å²) in [5.74, 6) is -1.31. The average molecular weight is 452 g/mol. The van der Waals surface area contributed by atoms with Crippen molar-refractivity contribution in [3.05, 3.63) is 88.4 Å². The van der Waals surface area contributed by atoms with Gasteiger partial charge >= 0.3 is 5.97 Å². The Kier molecular flexibility index (Phi) is 6.41. The summed E-state index contributed by atoms with van der Waals surface area (Å²) in [6, 6.07) is 15.1. The van der Waals surface area contributed by atoms with Crippen molar-refractivity contribution in [3.8, 4) is 0 Å². The number of anilines is 1. The number of methoxy groups -OCH3 is 1. The van der Waals surface area contributed by atoms with Crippen LogP contribution in [0.1, 0.15) is 31.4 Å². The normalized spacial score (nSPS) is 17.5. The summed E-state index contributed by atoms with van der Waals surface area (Å²) in [6.07, 6.45) is 0.564. The molecule has 0 saturated carbocycles. The van der Waals surface area contributed by atoms with E-state index in [0.717, 1.165) is 5.56 Å². The van der Waals surface area contributed by atoms with E-state index in [4.69, 9.17) is 4.74 Å². The van der Waals surface area contributed by atoms with Crippen LogP contribution >= 0.6 is 11.8 Å². The molecule has 0 saturated heterocycles. The largest absolute Gasteiger partial charge is 0.466 e. The lowest BCUT2D eigenvalue weighted by molar-refractivity contribution is -0.136. The Labute approximate surface area is 189 Å². The van der Waals surface area contributed by atoms with Crippen LogP contribution in [0, 0.1) is 5.82 Å². The van der Waals surface area contributed by atoms with Crippen molar-refractivity contribution in [3.63, 3.8) is 0 Å². The lowest BCUT2D eigenvalue weighted by atomic mass is 9.93. The summed E-state index contributed by atoms with van der Waals surface area (Å²) in [5.41, 5.74) is 2.80. The van der Waals surface area contributed by atoms with Crippen molar-refractivity contribution in [2.75, 3.05) is 12.4 Å². The molecule has 2 aromatic carbocycles. The van der Waals surface area contributed by atoms with Crippen LogP contribution in [0.15, 0.2) is 82.0 Å². The van der Waals surface area contributed by atoms with Crippen LogP contribution in [0.2, 0.25) is 0 Å². The number of hydrogen-bond acceptors (Lipinski definition) is 6. The highest BCUT2D eigenvalue weighted by Gasteiger charge is 2.41. The van der Waals surface area contributed by atoms with Crippen molar-refractivity contribution >= 4 is 34.5 Å². The molecular weight excluding hydrogens is 429 g/mol. The highest BCUT2D eigenvalue weighted by molar-refractivity contribution is 8.16. The van der Waals surface area contributed by atoms with Gasteiger partial charge in [-0.15, -0.1) is 0 Å². The molecule has 1 atom stereocenters. The molecule has 1 N–H and O–H groups in total. The number of ether oxygens (including phenoxy) is 1. The third-order valence-electron chi connectivity index (χ3n) is 5.23. The number of amidine groups is 1. The molecule has 0 aliphatic carbocycles. The first-order valence-corrected chi connectivity index (χ1v) is 11.1. The summed E-state index contributed by atoms with van der Waals surface area (Å²) in [7, 11) is 1.35. The molecule has 2 heterocycles. The number of para-hydroxylation sites is 1. The number of allylic oxidation sites excluding steroid dienone is 1. The second-order valence-electron chi connectivity index (χ2n) is 7.21. The van der Waals surface area contributed by atoms with E-state index in [1.165, 1.54) is 31.0 Å². The molecule has 164 valence electrons. The van der Waals surface area contributed by atoms with Gasteiger partial charge in [0.2, 0.25) is 5.91 Å². The number of esters is 1. The van der Waals surface area contributed by atoms with Crippen LogP contribution < -0.4 is 5.32 Å². The predicted molar refractivity (Wildman–Crippen MR) is 123 cm³/mol. The number of nitrogens with one attached hydrogen (secondary N) is 1. The van der Waals surface area contributed by atoms with Crippen molar-refractivity contribution in [2.24, 2.45) is 4.99 Å². The SMILES string of the molecule is CCC1=C(C(=O)OC)[C@@H](c2ccccc2)N2C(CC(=O)Nc3ccccc3F)=CSC2=N1. The van der Waals surface area contributed by atoms with Gasteiger partial charge in [-0.2, -0.15) is 0 Å². The molecule has 4 rings (SSSR count). The molecule has 0 bridgehead atoms. The highest BCUT2D eigenvalue weighted by Crippen LogP contribution is 2.45. The zero-order chi connectivity index (χ0) is 22.7. The van der Waals surface area contributed by atoms with Crippen LogP contribution in [0.25, 0.3) is 0 Å². The van der Waals surface area contributed by atoms with Gasteiger partial charge in [-0.3, -0.25) is 4.79 Å². The van der Waals surface area contributed by atoms with Gasteiger partial charge < -0.3 is 15.0 Å². The van der Waals surface area contributed by atoms with Gasteiger partial charge in [-0.05, 0) is 29.5 Å². The smallest absolute Gasteiger partial charge is 0.338 e. The number of benzene rings is 2. The van der Waals surface area contributed by atoms with Gasteiger partial charge in [0.15, 0.2) is 5.17 Å². The van der Waals surface area contributed by atoms with Gasteiger partial charge in [-0.25, -0.2) is 14.2 Å². The second kappa shape index (κ2) is 9.40. The maximum absolute atomic E-state index is 14.0. The van der Waals surface area contributed by atoms with Gasteiger partial charge in [0.25, 0.3) is 0 Å². The summed E-state index contributed by atoms with van der Waals surface area (Å²) in [4.78, 5) is 32.1. The van der Waals surface area contributed by atoms with Gasteiger partial charge in [-0.1, -0.05) is 61.2 Å². The van der Waals surface area contributed by atoms with Crippen molar-refractivity contribution in [1.82, 2.24) is 4.90 Å². The first-order valence-electron chi connectivity index (χ1n) is 10.2. The van der Waals surface area contributed by atoms with Crippen molar-refractivity contribution in [1.29, 1.82) is 0 Å². The van der Waals surface area contributed by atoms with Crippen LogP contribution in [0.5, 0.6) is 0 Å². The van der Waals surface area contributed by atoms with E-state index in [9.17, 15) is 14.0 Å². The third-order valence-corrected chi connectivity index (χ3v) is 6.12. The monoisotopic (exact) mass is 451 g/mol. The molecule has 32 heavy (non-hydrogen) atoms. The molecule has 0 spiro atoms. The van der Waals surface area contributed by atoms with E-state index in [1.807, 2.05) is 47.6 Å². The Morgan fingerprint density at radius 3 is 2.56 bits per heavy atom. The number of nitrogens with zero attached hydrogens (tertiary/aromatic N) is 2. The van der Waals surface area contributed by atoms with E-state index >= 15 is 0 Å². The van der Waals surface area contributed by atoms with E-state index < -0.39 is 17.8 Å². The highest BCUT2D eigenvalue weighted by atomic mass is 32.2. The van der Waals surface area contributed by atoms with Crippen LogP contribution in [-0.2, 0) is 14.3 Å². The number of amides is 1. The zero-order valence-electron chi connectivity index (χ0n) is 17.7. The van der Waals surface area contributed by atoms with E-state index in [0.29, 0.717) is 28.6 Å². The minimum Gasteiger partial charge on any atom is -0.466 e. The van der Waals surface area contributed by atoms with Crippen LogP contribution in [0.3, 0.4) is 0 Å². The van der Waals surface area contributed by atoms with Crippen molar-refractivity contribution in [2.45, 2.75) is 25.8 Å². The lowest BCUT2D eigenvalue weighted by Crippen LogP contribution is -2.37. The molecule has 2 aliphatic heterocycles. The Balaban J connectivity index is 1.68. The minimum absolute atomic E-state index is 0.000398. The number of hydrogen-bond donors (Lipinski definition) is 1. The van der Waals surface area contributed by atoms with E-state index in [2.05, 4.69) is 10.3 Å². The third kappa shape index (κ3) is 4.18. The quantitative estimate of drug-likeness (QED) is 0.627. The number of aliphatic imine (C=N–C) groups is 1. The summed E-state index contributed by atoms with van der Waals surface area (Å²) in [5, 5.41) is 5.16. The maximum Gasteiger partial charge on any atom is 0.338 e. The molecule has 1 amide bonds. The van der Waals surface area contributed by atoms with Crippen LogP contribution in [0.4, 0.5) is 10.1 Å². The standard InChI is InChI=1S/C24H22FN3O3S/c1-3-18-21(23(30)31-2)22(15-9-5-4-6-10-15)28-16(14-32-24(28)27-18)13-20(29)26-19-12-8-7-11-17(19)25/h4-12,14,22H,3,13H2,1-2H3,(H,26,29)/t22-/m1/s1. The second-order valence-corrected chi connectivity index (χ2v) is 8.05. The number of rotatable bonds is 6. The number of halogens is 1. The Morgan fingerprint density at radius 1 is 1.16 bits per heavy atom. The first-order chi connectivity index (χ1) is 15.5. The average Bonchev–Trinajstić information content (AvgIpc) is 3.21. The Morgan fingerprint density at radius 2 is 1.88 bits per heavy atom. The van der Waals surface area contributed by atoms with Crippen LogP contribution in [-0.4, -0.2) is 29.1 Å². The van der Waals surface area contributed by atoms with Gasteiger partial charge in [0.1, 0.15) is 5.82 Å². The number of carbonyl (C=O) groups is 2. The number of thioether (sulfide) groups is 1. The fraction of sp³-hybridized carbons (Fsp3) is 0.208. The summed E-state index contributed by atoms with van der Waals surface area (Å²) in [6.45, 7) is 1.94. The minimum atomic E-state index is -0.499. The molecule has 2 aliphatic rings. The molecule has 2 aromatic rings. The van der Waals surface area contributed by atoms with Crippen molar-refractivity contribution < 1.29 is 18.7 Å². The number of carbonyl (C=O) groups excluding carboxylic acids is 2. The fourth-order valence-corrected chi connectivity index (χ4v) is 4.72. The maximum atomic E-state index is 14.0. The molecule has 6 nitrogen and oxygen atoms in total. The van der Waals surface area contributed by atoms with Gasteiger partial charge in [0, 0.05) is 5.70 Å². The Hall–Kier alpha value is -3.39. The Bertz CT molecular complexity index is 1140. The number of fused-ring (bicyclic) bond motifs is 1. The molecule has 8 heteroatoms. The topological polar surface area (TPSA) is 71.0 Å². The molecule has 0 aromatic heterocycles. The van der Waals surface area contributed by atoms with E-state index in [1.54, 1.807) is 12.1 Å². The molecule has 0 fully saturated rings.